The first-order valence-corrected chi connectivity index (χ1v) is 9.28. The molecule has 3 aromatic carbocycles. The summed E-state index contributed by atoms with van der Waals surface area (Å²) in [7, 11) is 0. The molecule has 1 amide bonds. The lowest BCUT2D eigenvalue weighted by molar-refractivity contribution is 0.102. The van der Waals surface area contributed by atoms with Crippen molar-refractivity contribution in [2.75, 3.05) is 5.32 Å². The zero-order valence-electron chi connectivity index (χ0n) is 15.4. The van der Waals surface area contributed by atoms with Crippen LogP contribution in [0.5, 0.6) is 11.5 Å². The third-order valence-electron chi connectivity index (χ3n) is 4.37. The Bertz CT molecular complexity index is 1210. The summed E-state index contributed by atoms with van der Waals surface area (Å²) >= 11 is 6.12. The third kappa shape index (κ3) is 4.20. The maximum atomic E-state index is 13.6. The average Bonchev–Trinajstić information content (AvgIpc) is 2.70. The Labute approximate surface area is 171 Å². The number of amides is 1. The van der Waals surface area contributed by atoms with E-state index in [1.807, 2.05) is 30.3 Å². The fourth-order valence-corrected chi connectivity index (χ4v) is 3.14. The summed E-state index contributed by atoms with van der Waals surface area (Å²) in [6.07, 6.45) is 0. The molecule has 4 nitrogen and oxygen atoms in total. The highest BCUT2D eigenvalue weighted by molar-refractivity contribution is 6.31. The summed E-state index contributed by atoms with van der Waals surface area (Å²) in [5.74, 6) is 0.306. The number of pyridine rings is 1. The number of nitrogens with one attached hydrogen (secondary N) is 1. The maximum absolute atomic E-state index is 13.6. The van der Waals surface area contributed by atoms with Gasteiger partial charge in [-0.2, -0.15) is 0 Å². The van der Waals surface area contributed by atoms with Crippen LogP contribution in [0.4, 0.5) is 10.1 Å². The molecule has 0 radical (unpaired) electrons. The number of ether oxygens (including phenoxy) is 1. The van der Waals surface area contributed by atoms with Gasteiger partial charge in [-0.1, -0.05) is 29.8 Å². The number of rotatable bonds is 4. The quantitative estimate of drug-likeness (QED) is 0.427. The summed E-state index contributed by atoms with van der Waals surface area (Å²) in [6.45, 7) is 1.73. The van der Waals surface area contributed by atoms with Crippen LogP contribution in [0.15, 0.2) is 72.8 Å². The van der Waals surface area contributed by atoms with Crippen LogP contribution in [0, 0.1) is 12.7 Å². The van der Waals surface area contributed by atoms with Gasteiger partial charge in [-0.3, -0.25) is 9.78 Å². The Kier molecular flexibility index (Phi) is 5.14. The Balaban J connectivity index is 1.67. The molecule has 1 N–H and O–H groups in total. The predicted octanol–water partition coefficient (Wildman–Crippen LogP) is 6.38. The zero-order chi connectivity index (χ0) is 20.4. The number of hydrogen-bond acceptors (Lipinski definition) is 3. The van der Waals surface area contributed by atoms with Crippen molar-refractivity contribution in [3.8, 4) is 11.5 Å². The fourth-order valence-electron chi connectivity index (χ4n) is 2.97. The van der Waals surface area contributed by atoms with Gasteiger partial charge in [-0.25, -0.2) is 4.39 Å². The molecule has 0 bridgehead atoms. The first kappa shape index (κ1) is 18.9. The molecule has 6 heteroatoms. The van der Waals surface area contributed by atoms with Gasteiger partial charge in [-0.05, 0) is 61.5 Å². The van der Waals surface area contributed by atoms with Gasteiger partial charge in [0.15, 0.2) is 5.75 Å². The van der Waals surface area contributed by atoms with E-state index in [1.165, 1.54) is 12.1 Å². The predicted molar refractivity (Wildman–Crippen MR) is 112 cm³/mol. The van der Waals surface area contributed by atoms with Gasteiger partial charge < -0.3 is 10.1 Å². The molecule has 0 aliphatic rings. The number of nitrogens with zero attached hydrogens (tertiary/aromatic N) is 1. The van der Waals surface area contributed by atoms with E-state index in [2.05, 4.69) is 10.3 Å². The summed E-state index contributed by atoms with van der Waals surface area (Å²) in [4.78, 5) is 17.3. The molecular weight excluding hydrogens is 391 g/mol. The summed E-state index contributed by atoms with van der Waals surface area (Å²) < 4.78 is 19.4. The summed E-state index contributed by atoms with van der Waals surface area (Å²) in [6, 6.07) is 20.1. The number of para-hydroxylation sites is 1. The molecule has 1 aromatic heterocycles. The molecule has 144 valence electrons. The van der Waals surface area contributed by atoms with E-state index < -0.39 is 0 Å². The van der Waals surface area contributed by atoms with E-state index in [1.54, 1.807) is 37.3 Å². The van der Waals surface area contributed by atoms with Crippen LogP contribution in [-0.4, -0.2) is 10.9 Å². The van der Waals surface area contributed by atoms with Crippen LogP contribution < -0.4 is 10.1 Å². The van der Waals surface area contributed by atoms with Crippen molar-refractivity contribution in [3.63, 3.8) is 0 Å². The molecule has 4 rings (SSSR count). The topological polar surface area (TPSA) is 51.2 Å². The van der Waals surface area contributed by atoms with Gasteiger partial charge in [0, 0.05) is 10.4 Å². The number of anilines is 1. The standard InChI is InChI=1S/C23H16ClFN2O2/c1-14-19(12-15-11-17(25)8-9-20(15)26-14)23(28)27-21-13-16(24)7-10-22(21)29-18-5-3-2-4-6-18/h2-13H,1H3,(H,27,28). The van der Waals surface area contributed by atoms with E-state index in [0.29, 0.717) is 44.4 Å². The van der Waals surface area contributed by atoms with Crippen LogP contribution in [-0.2, 0) is 0 Å². The molecule has 0 atom stereocenters. The fraction of sp³-hybridized carbons (Fsp3) is 0.0435. The van der Waals surface area contributed by atoms with Crippen LogP contribution in [0.1, 0.15) is 16.1 Å². The molecule has 29 heavy (non-hydrogen) atoms. The lowest BCUT2D eigenvalue weighted by Crippen LogP contribution is -2.15. The number of aryl methyl sites for hydroxylation is 1. The Hall–Kier alpha value is -3.44. The van der Waals surface area contributed by atoms with Crippen molar-refractivity contribution in [2.45, 2.75) is 6.92 Å². The molecule has 0 aliphatic carbocycles. The largest absolute Gasteiger partial charge is 0.455 e. The van der Waals surface area contributed by atoms with Crippen molar-refractivity contribution in [2.24, 2.45) is 0 Å². The lowest BCUT2D eigenvalue weighted by Gasteiger charge is -2.14. The first-order valence-electron chi connectivity index (χ1n) is 8.90. The van der Waals surface area contributed by atoms with Gasteiger partial charge >= 0.3 is 0 Å². The minimum absolute atomic E-state index is 0.341. The second-order valence-corrected chi connectivity index (χ2v) is 6.90. The second kappa shape index (κ2) is 7.89. The molecule has 0 spiro atoms. The minimum Gasteiger partial charge on any atom is -0.455 e. The molecule has 0 saturated carbocycles. The second-order valence-electron chi connectivity index (χ2n) is 6.47. The Morgan fingerprint density at radius 3 is 2.62 bits per heavy atom. The van der Waals surface area contributed by atoms with E-state index in [0.717, 1.165) is 0 Å². The van der Waals surface area contributed by atoms with Crippen LogP contribution in [0.3, 0.4) is 0 Å². The van der Waals surface area contributed by atoms with Gasteiger partial charge in [0.2, 0.25) is 0 Å². The molecule has 0 saturated heterocycles. The van der Waals surface area contributed by atoms with Crippen molar-refractivity contribution in [1.82, 2.24) is 4.98 Å². The number of carbonyl (C=O) groups is 1. The summed E-state index contributed by atoms with van der Waals surface area (Å²) in [5, 5.41) is 3.83. The molecule has 4 aromatic rings. The summed E-state index contributed by atoms with van der Waals surface area (Å²) in [5.41, 5.74) is 1.92. The van der Waals surface area contributed by atoms with Crippen molar-refractivity contribution >= 4 is 34.1 Å². The first-order chi connectivity index (χ1) is 14.0. The lowest BCUT2D eigenvalue weighted by atomic mass is 10.1. The van der Waals surface area contributed by atoms with Gasteiger partial charge in [0.05, 0.1) is 22.5 Å². The van der Waals surface area contributed by atoms with E-state index in [4.69, 9.17) is 16.3 Å². The Morgan fingerprint density at radius 1 is 1.03 bits per heavy atom. The van der Waals surface area contributed by atoms with Crippen LogP contribution in [0.2, 0.25) is 5.02 Å². The highest BCUT2D eigenvalue weighted by Gasteiger charge is 2.15. The van der Waals surface area contributed by atoms with Gasteiger partial charge in [0.25, 0.3) is 5.91 Å². The monoisotopic (exact) mass is 406 g/mol. The van der Waals surface area contributed by atoms with E-state index in [-0.39, 0.29) is 11.7 Å². The van der Waals surface area contributed by atoms with Crippen molar-refractivity contribution in [3.05, 3.63) is 94.9 Å². The Morgan fingerprint density at radius 2 is 1.83 bits per heavy atom. The van der Waals surface area contributed by atoms with Gasteiger partial charge in [0.1, 0.15) is 11.6 Å². The smallest absolute Gasteiger partial charge is 0.257 e. The number of aromatic nitrogens is 1. The third-order valence-corrected chi connectivity index (χ3v) is 4.61. The molecule has 0 fully saturated rings. The van der Waals surface area contributed by atoms with Crippen LogP contribution >= 0.6 is 11.6 Å². The van der Waals surface area contributed by atoms with Crippen molar-refractivity contribution < 1.29 is 13.9 Å². The van der Waals surface area contributed by atoms with Gasteiger partial charge in [-0.15, -0.1) is 0 Å². The van der Waals surface area contributed by atoms with Crippen LogP contribution in [0.25, 0.3) is 10.9 Å². The number of carbonyl (C=O) groups excluding carboxylic acids is 1. The zero-order valence-corrected chi connectivity index (χ0v) is 16.2. The number of fused-ring (bicyclic) bond motifs is 1. The average molecular weight is 407 g/mol. The molecular formula is C23H16ClFN2O2. The molecule has 1 heterocycles. The molecule has 0 unspecified atom stereocenters. The molecule has 0 aliphatic heterocycles. The maximum Gasteiger partial charge on any atom is 0.257 e. The number of hydrogen-bond donors (Lipinski definition) is 1. The number of benzene rings is 3. The number of halogens is 2. The highest BCUT2D eigenvalue weighted by Crippen LogP contribution is 2.32. The van der Waals surface area contributed by atoms with E-state index in [9.17, 15) is 9.18 Å². The van der Waals surface area contributed by atoms with Crippen molar-refractivity contribution in [1.29, 1.82) is 0 Å². The SMILES string of the molecule is Cc1nc2ccc(F)cc2cc1C(=O)Nc1cc(Cl)ccc1Oc1ccccc1. The highest BCUT2D eigenvalue weighted by atomic mass is 35.5. The normalized spacial score (nSPS) is 10.7. The minimum atomic E-state index is -0.388. The van der Waals surface area contributed by atoms with E-state index >= 15 is 0 Å².